The van der Waals surface area contributed by atoms with Crippen molar-refractivity contribution in [1.82, 2.24) is 10.2 Å². The summed E-state index contributed by atoms with van der Waals surface area (Å²) >= 11 is 14.4. The third-order valence-electron chi connectivity index (χ3n) is 4.87. The van der Waals surface area contributed by atoms with Crippen LogP contribution in [0.5, 0.6) is 0 Å². The van der Waals surface area contributed by atoms with Crippen molar-refractivity contribution in [3.8, 4) is 0 Å². The molecular weight excluding hydrogens is 600 g/mol. The molecule has 0 radical (unpaired) electrons. The second kappa shape index (κ2) is 12.2. The van der Waals surface area contributed by atoms with E-state index in [-0.39, 0.29) is 12.5 Å². The van der Waals surface area contributed by atoms with E-state index in [0.717, 1.165) is 20.6 Å². The lowest BCUT2D eigenvalue weighted by Crippen LogP contribution is -2.51. The molecule has 7 nitrogen and oxygen atoms in total. The van der Waals surface area contributed by atoms with Gasteiger partial charge in [0.15, 0.2) is 0 Å². The summed E-state index contributed by atoms with van der Waals surface area (Å²) in [5.74, 6) is -0.875. The molecule has 11 heteroatoms. The highest BCUT2D eigenvalue weighted by Crippen LogP contribution is 2.24. The first-order valence-corrected chi connectivity index (χ1v) is 13.9. The van der Waals surface area contributed by atoms with Crippen LogP contribution in [0, 0.1) is 3.57 Å². The number of rotatable bonds is 10. The van der Waals surface area contributed by atoms with E-state index < -0.39 is 28.5 Å². The molecule has 0 aliphatic rings. The van der Waals surface area contributed by atoms with Crippen LogP contribution in [-0.4, -0.2) is 50.5 Å². The van der Waals surface area contributed by atoms with Crippen molar-refractivity contribution in [2.75, 3.05) is 23.7 Å². The van der Waals surface area contributed by atoms with E-state index in [0.29, 0.717) is 27.8 Å². The van der Waals surface area contributed by atoms with E-state index in [2.05, 4.69) is 27.9 Å². The summed E-state index contributed by atoms with van der Waals surface area (Å²) in [4.78, 5) is 27.4. The fourth-order valence-electron chi connectivity index (χ4n) is 3.03. The molecule has 2 amide bonds. The van der Waals surface area contributed by atoms with Crippen LogP contribution < -0.4 is 9.62 Å². The van der Waals surface area contributed by atoms with Crippen LogP contribution in [0.15, 0.2) is 42.5 Å². The maximum absolute atomic E-state index is 13.4. The summed E-state index contributed by atoms with van der Waals surface area (Å²) in [6.07, 6.45) is 1.78. The number of hydrogen-bond donors (Lipinski definition) is 1. The minimum atomic E-state index is -3.77. The minimum Gasteiger partial charge on any atom is -0.354 e. The number of nitrogens with zero attached hydrogens (tertiary/aromatic N) is 2. The van der Waals surface area contributed by atoms with Gasteiger partial charge in [-0.25, -0.2) is 8.42 Å². The standard InChI is InChI=1S/C22H26Cl2IN3O4S/c1-4-11-26-22(30)15(2)27(13-16-5-6-17(23)12-20(16)24)21(29)14-28(33(3,31)32)19-9-7-18(25)8-10-19/h5-10,12,15H,4,11,13-14H2,1-3H3,(H,26,30)/t15-/m1/s1. The fourth-order valence-corrected chi connectivity index (χ4v) is 4.71. The van der Waals surface area contributed by atoms with E-state index in [1.807, 2.05) is 6.92 Å². The maximum Gasteiger partial charge on any atom is 0.244 e. The third-order valence-corrected chi connectivity index (χ3v) is 7.31. The Labute approximate surface area is 218 Å². The van der Waals surface area contributed by atoms with Gasteiger partial charge in [-0.15, -0.1) is 0 Å². The summed E-state index contributed by atoms with van der Waals surface area (Å²) in [5.41, 5.74) is 0.948. The number of amides is 2. The van der Waals surface area contributed by atoms with Crippen molar-refractivity contribution < 1.29 is 18.0 Å². The second-order valence-corrected chi connectivity index (χ2v) is 11.5. The third kappa shape index (κ3) is 8.01. The molecule has 0 heterocycles. The molecule has 1 N–H and O–H groups in total. The molecule has 1 atom stereocenters. The molecule has 0 fully saturated rings. The number of nitrogens with one attached hydrogen (secondary N) is 1. The van der Waals surface area contributed by atoms with Gasteiger partial charge in [0, 0.05) is 26.7 Å². The lowest BCUT2D eigenvalue weighted by Gasteiger charge is -2.31. The summed E-state index contributed by atoms with van der Waals surface area (Å²) in [6, 6.07) is 10.8. The van der Waals surface area contributed by atoms with Gasteiger partial charge in [0.05, 0.1) is 11.9 Å². The summed E-state index contributed by atoms with van der Waals surface area (Å²) < 4.78 is 27.0. The quantitative estimate of drug-likeness (QED) is 0.399. The lowest BCUT2D eigenvalue weighted by atomic mass is 10.1. The smallest absolute Gasteiger partial charge is 0.244 e. The Morgan fingerprint density at radius 2 is 1.76 bits per heavy atom. The van der Waals surface area contributed by atoms with E-state index in [4.69, 9.17) is 23.2 Å². The lowest BCUT2D eigenvalue weighted by molar-refractivity contribution is -0.139. The van der Waals surface area contributed by atoms with Crippen LogP contribution >= 0.6 is 45.8 Å². The molecule has 0 aromatic heterocycles. The van der Waals surface area contributed by atoms with E-state index in [1.54, 1.807) is 49.4 Å². The van der Waals surface area contributed by atoms with Crippen molar-refractivity contribution in [3.63, 3.8) is 0 Å². The van der Waals surface area contributed by atoms with Crippen molar-refractivity contribution in [3.05, 3.63) is 61.6 Å². The molecule has 2 aromatic rings. The van der Waals surface area contributed by atoms with Crippen LogP contribution in [0.1, 0.15) is 25.8 Å². The zero-order chi connectivity index (χ0) is 24.8. The van der Waals surface area contributed by atoms with Crippen molar-refractivity contribution in [1.29, 1.82) is 0 Å². The average molecular weight is 626 g/mol. The topological polar surface area (TPSA) is 86.8 Å². The predicted octanol–water partition coefficient (Wildman–Crippen LogP) is 4.31. The molecule has 0 saturated carbocycles. The number of halogens is 3. The summed E-state index contributed by atoms with van der Waals surface area (Å²) in [5, 5.41) is 3.57. The molecule has 2 rings (SSSR count). The van der Waals surface area contributed by atoms with E-state index >= 15 is 0 Å². The highest BCUT2D eigenvalue weighted by atomic mass is 127. The Morgan fingerprint density at radius 1 is 1.12 bits per heavy atom. The largest absolute Gasteiger partial charge is 0.354 e. The van der Waals surface area contributed by atoms with Gasteiger partial charge in [-0.2, -0.15) is 0 Å². The monoisotopic (exact) mass is 625 g/mol. The van der Waals surface area contributed by atoms with Crippen LogP contribution in [0.2, 0.25) is 10.0 Å². The number of carbonyl (C=O) groups excluding carboxylic acids is 2. The van der Waals surface area contributed by atoms with Gasteiger partial charge in [-0.05, 0) is 77.9 Å². The highest BCUT2D eigenvalue weighted by Gasteiger charge is 2.30. The number of benzene rings is 2. The van der Waals surface area contributed by atoms with E-state index in [1.165, 1.54) is 4.90 Å². The number of hydrogen-bond acceptors (Lipinski definition) is 4. The first-order valence-electron chi connectivity index (χ1n) is 10.2. The second-order valence-electron chi connectivity index (χ2n) is 7.47. The van der Waals surface area contributed by atoms with E-state index in [9.17, 15) is 18.0 Å². The Hall–Kier alpha value is -1.56. The Bertz CT molecular complexity index is 1100. The Kier molecular flexibility index (Phi) is 10.3. The molecule has 2 aromatic carbocycles. The van der Waals surface area contributed by atoms with Gasteiger partial charge in [-0.1, -0.05) is 36.2 Å². The molecule has 180 valence electrons. The molecule has 0 bridgehead atoms. The molecule has 0 aliphatic carbocycles. The van der Waals surface area contributed by atoms with Gasteiger partial charge in [-0.3, -0.25) is 13.9 Å². The van der Waals surface area contributed by atoms with Gasteiger partial charge in [0.25, 0.3) is 0 Å². The minimum absolute atomic E-state index is 0.0137. The Balaban J connectivity index is 2.39. The molecule has 0 aliphatic heterocycles. The normalized spacial score (nSPS) is 12.2. The predicted molar refractivity (Wildman–Crippen MR) is 141 cm³/mol. The first kappa shape index (κ1) is 27.7. The summed E-state index contributed by atoms with van der Waals surface area (Å²) in [7, 11) is -3.77. The molecule has 0 saturated heterocycles. The van der Waals surface area contributed by atoms with Crippen LogP contribution in [0.3, 0.4) is 0 Å². The van der Waals surface area contributed by atoms with Crippen molar-refractivity contribution in [2.24, 2.45) is 0 Å². The molecule has 33 heavy (non-hydrogen) atoms. The van der Waals surface area contributed by atoms with Crippen LogP contribution in [-0.2, 0) is 26.2 Å². The molecular formula is C22H26Cl2IN3O4S. The molecule has 0 spiro atoms. The van der Waals surface area contributed by atoms with Crippen molar-refractivity contribution in [2.45, 2.75) is 32.9 Å². The van der Waals surface area contributed by atoms with Gasteiger partial charge in [0.2, 0.25) is 21.8 Å². The molecule has 0 unspecified atom stereocenters. The number of carbonyl (C=O) groups is 2. The van der Waals surface area contributed by atoms with Crippen molar-refractivity contribution >= 4 is 73.3 Å². The zero-order valence-electron chi connectivity index (χ0n) is 18.5. The van der Waals surface area contributed by atoms with Crippen LogP contribution in [0.4, 0.5) is 5.69 Å². The SMILES string of the molecule is CCCNC(=O)[C@@H](C)N(Cc1ccc(Cl)cc1Cl)C(=O)CN(c1ccc(I)cc1)S(C)(=O)=O. The maximum atomic E-state index is 13.4. The number of anilines is 1. The fraction of sp³-hybridized carbons (Fsp3) is 0.364. The summed E-state index contributed by atoms with van der Waals surface area (Å²) in [6.45, 7) is 3.54. The zero-order valence-corrected chi connectivity index (χ0v) is 23.0. The Morgan fingerprint density at radius 3 is 2.30 bits per heavy atom. The van der Waals surface area contributed by atoms with Gasteiger partial charge >= 0.3 is 0 Å². The van der Waals surface area contributed by atoms with Crippen LogP contribution in [0.25, 0.3) is 0 Å². The first-order chi connectivity index (χ1) is 15.4. The average Bonchev–Trinajstić information content (AvgIpc) is 2.74. The number of sulfonamides is 1. The van der Waals surface area contributed by atoms with Gasteiger partial charge in [0.1, 0.15) is 12.6 Å². The highest BCUT2D eigenvalue weighted by molar-refractivity contribution is 14.1. The van der Waals surface area contributed by atoms with Gasteiger partial charge < -0.3 is 10.2 Å².